The molecule has 3 aromatic rings. The Labute approximate surface area is 175 Å². The molecular formula is C24H24FNO4. The van der Waals surface area contributed by atoms with Crippen molar-refractivity contribution in [2.75, 3.05) is 25.1 Å². The average molecular weight is 409 g/mol. The number of rotatable bonds is 9. The molecule has 30 heavy (non-hydrogen) atoms. The molecule has 1 N–H and O–H groups in total. The first-order chi connectivity index (χ1) is 14.6. The molecule has 0 aliphatic carbocycles. The van der Waals surface area contributed by atoms with E-state index in [2.05, 4.69) is 5.32 Å². The van der Waals surface area contributed by atoms with Gasteiger partial charge in [-0.15, -0.1) is 0 Å². The highest BCUT2D eigenvalue weighted by atomic mass is 19.1. The van der Waals surface area contributed by atoms with Gasteiger partial charge in [-0.1, -0.05) is 18.2 Å². The van der Waals surface area contributed by atoms with Crippen molar-refractivity contribution >= 4 is 11.6 Å². The number of hydrogen-bond acceptors (Lipinski definition) is 4. The fourth-order valence-corrected chi connectivity index (χ4v) is 2.83. The van der Waals surface area contributed by atoms with E-state index in [1.807, 2.05) is 37.3 Å². The minimum Gasteiger partial charge on any atom is -0.490 e. The molecule has 6 heteroatoms. The van der Waals surface area contributed by atoms with Gasteiger partial charge in [-0.05, 0) is 67.9 Å². The third-order valence-electron chi connectivity index (χ3n) is 4.30. The van der Waals surface area contributed by atoms with E-state index in [1.165, 1.54) is 18.2 Å². The van der Waals surface area contributed by atoms with Crippen molar-refractivity contribution < 1.29 is 23.4 Å². The SMILES string of the molecule is CCOc1cc(C(=O)Nc2ccc(F)cc2C)ccc1OCCOc1ccccc1. The van der Waals surface area contributed by atoms with E-state index >= 15 is 0 Å². The first kappa shape index (κ1) is 21.2. The van der Waals surface area contributed by atoms with Crippen LogP contribution in [0.1, 0.15) is 22.8 Å². The summed E-state index contributed by atoms with van der Waals surface area (Å²) in [6, 6.07) is 18.7. The topological polar surface area (TPSA) is 56.8 Å². The number of ether oxygens (including phenoxy) is 3. The van der Waals surface area contributed by atoms with E-state index in [0.29, 0.717) is 48.1 Å². The third-order valence-corrected chi connectivity index (χ3v) is 4.30. The molecule has 0 aliphatic rings. The number of halogens is 1. The summed E-state index contributed by atoms with van der Waals surface area (Å²) in [5.74, 6) is 1.12. The smallest absolute Gasteiger partial charge is 0.255 e. The number of para-hydroxylation sites is 1. The Morgan fingerprint density at radius 3 is 2.40 bits per heavy atom. The summed E-state index contributed by atoms with van der Waals surface area (Å²) in [6.07, 6.45) is 0. The average Bonchev–Trinajstić information content (AvgIpc) is 2.75. The number of hydrogen-bond donors (Lipinski definition) is 1. The van der Waals surface area contributed by atoms with Crippen LogP contribution in [0.4, 0.5) is 10.1 Å². The molecule has 0 unspecified atom stereocenters. The number of nitrogens with one attached hydrogen (secondary N) is 1. The Balaban J connectivity index is 1.64. The quantitative estimate of drug-likeness (QED) is 0.491. The minimum absolute atomic E-state index is 0.315. The van der Waals surface area contributed by atoms with Crippen molar-refractivity contribution in [3.8, 4) is 17.2 Å². The summed E-state index contributed by atoms with van der Waals surface area (Å²) >= 11 is 0. The molecule has 0 saturated carbocycles. The number of amides is 1. The summed E-state index contributed by atoms with van der Waals surface area (Å²) in [5.41, 5.74) is 1.61. The maximum atomic E-state index is 13.3. The van der Waals surface area contributed by atoms with Crippen molar-refractivity contribution in [2.24, 2.45) is 0 Å². The number of carbonyl (C=O) groups excluding carboxylic acids is 1. The molecular weight excluding hydrogens is 385 g/mol. The predicted octanol–water partition coefficient (Wildman–Crippen LogP) is 5.24. The number of aryl methyl sites for hydroxylation is 1. The van der Waals surface area contributed by atoms with Crippen molar-refractivity contribution in [3.05, 3.63) is 83.7 Å². The fraction of sp³-hybridized carbons (Fsp3) is 0.208. The van der Waals surface area contributed by atoms with Crippen LogP contribution in [0.25, 0.3) is 0 Å². The Morgan fingerprint density at radius 1 is 0.900 bits per heavy atom. The second-order valence-electron chi connectivity index (χ2n) is 6.52. The molecule has 156 valence electrons. The number of benzene rings is 3. The van der Waals surface area contributed by atoms with E-state index in [1.54, 1.807) is 25.1 Å². The van der Waals surface area contributed by atoms with Crippen LogP contribution in [0.15, 0.2) is 66.7 Å². The van der Waals surface area contributed by atoms with Crippen LogP contribution in [-0.4, -0.2) is 25.7 Å². The second-order valence-corrected chi connectivity index (χ2v) is 6.52. The van der Waals surface area contributed by atoms with Gasteiger partial charge < -0.3 is 19.5 Å². The molecule has 0 bridgehead atoms. The highest BCUT2D eigenvalue weighted by Crippen LogP contribution is 2.29. The van der Waals surface area contributed by atoms with Crippen molar-refractivity contribution in [1.82, 2.24) is 0 Å². The molecule has 0 heterocycles. The van der Waals surface area contributed by atoms with Crippen LogP contribution in [0.2, 0.25) is 0 Å². The highest BCUT2D eigenvalue weighted by Gasteiger charge is 2.13. The van der Waals surface area contributed by atoms with Gasteiger partial charge in [0, 0.05) is 11.3 Å². The number of carbonyl (C=O) groups is 1. The number of anilines is 1. The lowest BCUT2D eigenvalue weighted by Gasteiger charge is -2.14. The molecule has 0 fully saturated rings. The van der Waals surface area contributed by atoms with Crippen LogP contribution in [0, 0.1) is 12.7 Å². The van der Waals surface area contributed by atoms with Gasteiger partial charge in [-0.25, -0.2) is 4.39 Å². The summed E-state index contributed by atoms with van der Waals surface area (Å²) in [4.78, 5) is 12.6. The largest absolute Gasteiger partial charge is 0.490 e. The van der Waals surface area contributed by atoms with Crippen LogP contribution < -0.4 is 19.5 Å². The minimum atomic E-state index is -0.345. The zero-order valence-corrected chi connectivity index (χ0v) is 17.0. The zero-order chi connectivity index (χ0) is 21.3. The Kier molecular flexibility index (Phi) is 7.27. The predicted molar refractivity (Wildman–Crippen MR) is 114 cm³/mol. The van der Waals surface area contributed by atoms with Gasteiger partial charge in [-0.2, -0.15) is 0 Å². The molecule has 0 saturated heterocycles. The lowest BCUT2D eigenvalue weighted by molar-refractivity contribution is 0.102. The first-order valence-electron chi connectivity index (χ1n) is 9.72. The summed E-state index contributed by atoms with van der Waals surface area (Å²) in [6.45, 7) is 4.73. The molecule has 0 aromatic heterocycles. The lowest BCUT2D eigenvalue weighted by atomic mass is 10.1. The maximum absolute atomic E-state index is 13.3. The Hall–Kier alpha value is -3.54. The molecule has 0 radical (unpaired) electrons. The second kappa shape index (κ2) is 10.3. The Morgan fingerprint density at radius 2 is 1.67 bits per heavy atom. The standard InChI is InChI=1S/C24H24FNO4/c1-3-28-23-16-18(24(27)26-21-11-10-19(25)15-17(21)2)9-12-22(23)30-14-13-29-20-7-5-4-6-8-20/h4-12,15-16H,3,13-14H2,1-2H3,(H,26,27). The van der Waals surface area contributed by atoms with Crippen molar-refractivity contribution in [1.29, 1.82) is 0 Å². The summed E-state index contributed by atoms with van der Waals surface area (Å²) in [7, 11) is 0. The van der Waals surface area contributed by atoms with Crippen LogP contribution in [-0.2, 0) is 0 Å². The van der Waals surface area contributed by atoms with E-state index in [4.69, 9.17) is 14.2 Å². The summed E-state index contributed by atoms with van der Waals surface area (Å²) < 4.78 is 30.3. The molecule has 3 rings (SSSR count). The van der Waals surface area contributed by atoms with Gasteiger partial charge in [-0.3, -0.25) is 4.79 Å². The summed E-state index contributed by atoms with van der Waals surface area (Å²) in [5, 5.41) is 2.79. The zero-order valence-electron chi connectivity index (χ0n) is 17.0. The Bertz CT molecular complexity index is 992. The van der Waals surface area contributed by atoms with E-state index in [0.717, 1.165) is 5.75 Å². The molecule has 5 nitrogen and oxygen atoms in total. The van der Waals surface area contributed by atoms with Gasteiger partial charge in [0.15, 0.2) is 11.5 Å². The first-order valence-corrected chi connectivity index (χ1v) is 9.72. The maximum Gasteiger partial charge on any atom is 0.255 e. The van der Waals surface area contributed by atoms with Gasteiger partial charge in [0.1, 0.15) is 24.8 Å². The van der Waals surface area contributed by atoms with E-state index in [9.17, 15) is 9.18 Å². The molecule has 0 aliphatic heterocycles. The van der Waals surface area contributed by atoms with Gasteiger partial charge >= 0.3 is 0 Å². The van der Waals surface area contributed by atoms with Crippen LogP contribution in [0.3, 0.4) is 0 Å². The molecule has 0 atom stereocenters. The molecule has 1 amide bonds. The fourth-order valence-electron chi connectivity index (χ4n) is 2.83. The molecule has 0 spiro atoms. The van der Waals surface area contributed by atoms with Gasteiger partial charge in [0.25, 0.3) is 5.91 Å². The van der Waals surface area contributed by atoms with Crippen LogP contribution >= 0.6 is 0 Å². The van der Waals surface area contributed by atoms with Gasteiger partial charge in [0.05, 0.1) is 6.61 Å². The monoisotopic (exact) mass is 409 g/mol. The normalized spacial score (nSPS) is 10.4. The van der Waals surface area contributed by atoms with E-state index < -0.39 is 0 Å². The lowest BCUT2D eigenvalue weighted by Crippen LogP contribution is -2.14. The van der Waals surface area contributed by atoms with Crippen molar-refractivity contribution in [3.63, 3.8) is 0 Å². The molecule has 3 aromatic carbocycles. The van der Waals surface area contributed by atoms with Gasteiger partial charge in [0.2, 0.25) is 0 Å². The van der Waals surface area contributed by atoms with E-state index in [-0.39, 0.29) is 11.7 Å². The highest BCUT2D eigenvalue weighted by molar-refractivity contribution is 6.05. The third kappa shape index (κ3) is 5.73. The van der Waals surface area contributed by atoms with Crippen LogP contribution in [0.5, 0.6) is 17.2 Å². The van der Waals surface area contributed by atoms with Crippen molar-refractivity contribution in [2.45, 2.75) is 13.8 Å².